The molecular formula is C9H8ClNO3S2. The van der Waals surface area contributed by atoms with Crippen LogP contribution in [0.2, 0.25) is 4.34 Å². The molecule has 2 rings (SSSR count). The molecule has 86 valence electrons. The Hall–Kier alpha value is -0.820. The fourth-order valence-corrected chi connectivity index (χ4v) is 3.61. The summed E-state index contributed by atoms with van der Waals surface area (Å²) >= 11 is 6.69. The molecule has 7 heteroatoms. The minimum absolute atomic E-state index is 0.130. The van der Waals surface area contributed by atoms with Crippen LogP contribution in [0.5, 0.6) is 0 Å². The summed E-state index contributed by atoms with van der Waals surface area (Å²) < 4.78 is 31.6. The lowest BCUT2D eigenvalue weighted by molar-refractivity contribution is 0.499. The first-order chi connectivity index (χ1) is 7.58. The van der Waals surface area contributed by atoms with Crippen LogP contribution < -0.4 is 4.72 Å². The van der Waals surface area contributed by atoms with Gasteiger partial charge >= 0.3 is 0 Å². The predicted molar refractivity (Wildman–Crippen MR) is 62.1 cm³/mol. The second-order valence-corrected chi connectivity index (χ2v) is 6.67. The zero-order chi connectivity index (χ0) is 11.6. The zero-order valence-electron chi connectivity index (χ0n) is 8.01. The van der Waals surface area contributed by atoms with Gasteiger partial charge in [-0.25, -0.2) is 13.1 Å². The minimum Gasteiger partial charge on any atom is -0.468 e. The van der Waals surface area contributed by atoms with Crippen molar-refractivity contribution < 1.29 is 12.8 Å². The fraction of sp³-hybridized carbons (Fsp3) is 0.111. The summed E-state index contributed by atoms with van der Waals surface area (Å²) in [5, 5.41) is 0. The molecule has 0 fully saturated rings. The second-order valence-electron chi connectivity index (χ2n) is 2.96. The van der Waals surface area contributed by atoms with Gasteiger partial charge in [-0.2, -0.15) is 0 Å². The summed E-state index contributed by atoms with van der Waals surface area (Å²) in [5.41, 5.74) is 0. The lowest BCUT2D eigenvalue weighted by atomic mass is 10.5. The highest BCUT2D eigenvalue weighted by molar-refractivity contribution is 7.91. The topological polar surface area (TPSA) is 59.3 Å². The standard InChI is InChI=1S/C9H8ClNO3S2/c10-8-3-4-9(15-8)16(12,13)11-6-7-2-1-5-14-7/h1-5,11H,6H2. The van der Waals surface area contributed by atoms with Gasteiger partial charge in [-0.05, 0) is 24.3 Å². The van der Waals surface area contributed by atoms with Crippen LogP contribution in [0.3, 0.4) is 0 Å². The van der Waals surface area contributed by atoms with Crippen molar-refractivity contribution in [3.05, 3.63) is 40.6 Å². The van der Waals surface area contributed by atoms with Crippen LogP contribution in [0, 0.1) is 0 Å². The third kappa shape index (κ3) is 2.65. The quantitative estimate of drug-likeness (QED) is 0.934. The van der Waals surface area contributed by atoms with Crippen LogP contribution >= 0.6 is 22.9 Å². The number of hydrogen-bond acceptors (Lipinski definition) is 4. The smallest absolute Gasteiger partial charge is 0.250 e. The highest BCUT2D eigenvalue weighted by Crippen LogP contribution is 2.25. The van der Waals surface area contributed by atoms with E-state index < -0.39 is 10.0 Å². The minimum atomic E-state index is -3.49. The van der Waals surface area contributed by atoms with Crippen molar-refractivity contribution in [1.29, 1.82) is 0 Å². The van der Waals surface area contributed by atoms with Crippen LogP contribution in [0.1, 0.15) is 5.76 Å². The first-order valence-electron chi connectivity index (χ1n) is 4.35. The van der Waals surface area contributed by atoms with Gasteiger partial charge in [-0.3, -0.25) is 0 Å². The third-order valence-electron chi connectivity index (χ3n) is 1.83. The molecule has 0 aliphatic heterocycles. The van der Waals surface area contributed by atoms with Crippen LogP contribution in [0.25, 0.3) is 0 Å². The van der Waals surface area contributed by atoms with E-state index in [1.807, 2.05) is 0 Å². The normalized spacial score (nSPS) is 11.8. The Morgan fingerprint density at radius 2 is 2.19 bits per heavy atom. The second kappa shape index (κ2) is 4.58. The van der Waals surface area contributed by atoms with Gasteiger partial charge in [0.25, 0.3) is 10.0 Å². The maximum Gasteiger partial charge on any atom is 0.250 e. The van der Waals surface area contributed by atoms with Crippen LogP contribution in [0.15, 0.2) is 39.2 Å². The largest absolute Gasteiger partial charge is 0.468 e. The van der Waals surface area contributed by atoms with Gasteiger partial charge in [0.15, 0.2) is 0 Å². The lowest BCUT2D eigenvalue weighted by Crippen LogP contribution is -2.22. The Morgan fingerprint density at radius 1 is 1.38 bits per heavy atom. The van der Waals surface area contributed by atoms with Crippen LogP contribution in [0.4, 0.5) is 0 Å². The van der Waals surface area contributed by atoms with Gasteiger partial charge in [0.1, 0.15) is 9.97 Å². The van der Waals surface area contributed by atoms with E-state index in [1.165, 1.54) is 12.3 Å². The van der Waals surface area contributed by atoms with Gasteiger partial charge in [0.05, 0.1) is 17.1 Å². The van der Waals surface area contributed by atoms with Crippen molar-refractivity contribution in [2.24, 2.45) is 0 Å². The average molecular weight is 278 g/mol. The van der Waals surface area contributed by atoms with Crippen molar-refractivity contribution in [1.82, 2.24) is 4.72 Å². The number of hydrogen-bond donors (Lipinski definition) is 1. The summed E-state index contributed by atoms with van der Waals surface area (Å²) in [4.78, 5) is 0. The summed E-state index contributed by atoms with van der Waals surface area (Å²) in [5.74, 6) is 0.561. The van der Waals surface area contributed by atoms with Gasteiger partial charge in [0.2, 0.25) is 0 Å². The van der Waals surface area contributed by atoms with Crippen LogP contribution in [-0.4, -0.2) is 8.42 Å². The van der Waals surface area contributed by atoms with Crippen molar-refractivity contribution in [2.45, 2.75) is 10.8 Å². The molecule has 0 atom stereocenters. The fourth-order valence-electron chi connectivity index (χ4n) is 1.09. The number of furan rings is 1. The van der Waals surface area contributed by atoms with Crippen LogP contribution in [-0.2, 0) is 16.6 Å². The molecule has 0 aliphatic carbocycles. The highest BCUT2D eigenvalue weighted by atomic mass is 35.5. The van der Waals surface area contributed by atoms with E-state index in [1.54, 1.807) is 18.2 Å². The molecule has 2 aromatic heterocycles. The molecule has 16 heavy (non-hydrogen) atoms. The molecule has 2 aromatic rings. The van der Waals surface area contributed by atoms with Crippen molar-refractivity contribution in [3.8, 4) is 0 Å². The molecule has 4 nitrogen and oxygen atoms in total. The maximum atomic E-state index is 11.7. The number of sulfonamides is 1. The van der Waals surface area contributed by atoms with E-state index in [4.69, 9.17) is 16.0 Å². The molecule has 0 saturated heterocycles. The Kier molecular flexibility index (Phi) is 3.34. The molecule has 0 radical (unpaired) electrons. The first-order valence-corrected chi connectivity index (χ1v) is 7.03. The number of halogens is 1. The molecule has 0 amide bonds. The molecule has 0 aromatic carbocycles. The van der Waals surface area contributed by atoms with E-state index in [0.717, 1.165) is 11.3 Å². The van der Waals surface area contributed by atoms with Crippen molar-refractivity contribution in [2.75, 3.05) is 0 Å². The summed E-state index contributed by atoms with van der Waals surface area (Å²) in [7, 11) is -3.49. The van der Waals surface area contributed by atoms with Gasteiger partial charge in [-0.15, -0.1) is 11.3 Å². The Labute approximate surface area is 102 Å². The van der Waals surface area contributed by atoms with Crippen molar-refractivity contribution in [3.63, 3.8) is 0 Å². The monoisotopic (exact) mass is 277 g/mol. The van der Waals surface area contributed by atoms with E-state index in [9.17, 15) is 8.42 Å². The molecule has 0 saturated carbocycles. The summed E-state index contributed by atoms with van der Waals surface area (Å²) in [6.07, 6.45) is 1.49. The Balaban J connectivity index is 2.09. The molecule has 0 bridgehead atoms. The summed E-state index contributed by atoms with van der Waals surface area (Å²) in [6.45, 7) is 0.130. The van der Waals surface area contributed by atoms with E-state index in [2.05, 4.69) is 4.72 Å². The molecule has 2 heterocycles. The van der Waals surface area contributed by atoms with Gasteiger partial charge < -0.3 is 4.42 Å². The third-order valence-corrected chi connectivity index (χ3v) is 4.95. The molecular weight excluding hydrogens is 270 g/mol. The van der Waals surface area contributed by atoms with Gasteiger partial charge in [-0.1, -0.05) is 11.6 Å². The van der Waals surface area contributed by atoms with Gasteiger partial charge in [0, 0.05) is 0 Å². The maximum absolute atomic E-state index is 11.7. The van der Waals surface area contributed by atoms with Crippen molar-refractivity contribution >= 4 is 33.0 Å². The highest BCUT2D eigenvalue weighted by Gasteiger charge is 2.16. The SMILES string of the molecule is O=S(=O)(NCc1ccco1)c1ccc(Cl)s1. The molecule has 0 spiro atoms. The lowest BCUT2D eigenvalue weighted by Gasteiger charge is -2.01. The summed E-state index contributed by atoms with van der Waals surface area (Å²) in [6, 6.07) is 6.42. The Morgan fingerprint density at radius 3 is 2.75 bits per heavy atom. The zero-order valence-corrected chi connectivity index (χ0v) is 10.4. The average Bonchev–Trinajstić information content (AvgIpc) is 2.85. The predicted octanol–water partition coefficient (Wildman–Crippen LogP) is 2.47. The van der Waals surface area contributed by atoms with E-state index >= 15 is 0 Å². The number of nitrogens with one attached hydrogen (secondary N) is 1. The molecule has 0 unspecified atom stereocenters. The first kappa shape index (κ1) is 11.7. The number of thiophene rings is 1. The van der Waals surface area contributed by atoms with E-state index in [-0.39, 0.29) is 10.8 Å². The molecule has 0 aliphatic rings. The number of rotatable bonds is 4. The van der Waals surface area contributed by atoms with E-state index in [0.29, 0.717) is 10.1 Å². The Bertz CT molecular complexity index is 559. The molecule has 1 N–H and O–H groups in total.